The predicted molar refractivity (Wildman–Crippen MR) is 94.1 cm³/mol. The lowest BCUT2D eigenvalue weighted by Crippen LogP contribution is -2.42. The van der Waals surface area contributed by atoms with Gasteiger partial charge < -0.3 is 10.7 Å². The number of aromatic nitrogens is 1. The zero-order valence-corrected chi connectivity index (χ0v) is 13.9. The van der Waals surface area contributed by atoms with E-state index in [1.165, 1.54) is 25.5 Å². The number of halogens is 1. The van der Waals surface area contributed by atoms with Crippen LogP contribution < -0.4 is 16.2 Å². The van der Waals surface area contributed by atoms with Gasteiger partial charge in [0.05, 0.1) is 5.69 Å². The minimum absolute atomic E-state index is 0.0399. The van der Waals surface area contributed by atoms with Crippen molar-refractivity contribution >= 4 is 11.6 Å². The van der Waals surface area contributed by atoms with Crippen molar-refractivity contribution in [2.45, 2.75) is 44.2 Å². The van der Waals surface area contributed by atoms with Crippen molar-refractivity contribution < 1.29 is 9.18 Å². The number of hydrogen-bond donors (Lipinski definition) is 3. The van der Waals surface area contributed by atoms with Gasteiger partial charge in [0.2, 0.25) is 11.9 Å². The topological polar surface area (TPSA) is 66.1 Å². The Morgan fingerprint density at radius 3 is 2.84 bits per heavy atom. The van der Waals surface area contributed by atoms with Gasteiger partial charge in [0.15, 0.2) is 0 Å². The molecule has 25 heavy (non-hydrogen) atoms. The van der Waals surface area contributed by atoms with Gasteiger partial charge in [-0.1, -0.05) is 25.3 Å². The minimum atomic E-state index is -0.510. The summed E-state index contributed by atoms with van der Waals surface area (Å²) in [5.74, 6) is -0.550. The maximum absolute atomic E-state index is 14.0. The number of carbonyl (C=O) groups is 1. The molecule has 2 heterocycles. The lowest BCUT2D eigenvalue weighted by Gasteiger charge is -2.24. The van der Waals surface area contributed by atoms with E-state index in [0.717, 1.165) is 24.1 Å². The Morgan fingerprint density at radius 1 is 1.20 bits per heavy atom. The van der Waals surface area contributed by atoms with Crippen molar-refractivity contribution in [1.29, 1.82) is 0 Å². The Hall–Kier alpha value is -2.47. The molecule has 5 nitrogen and oxygen atoms in total. The van der Waals surface area contributed by atoms with Gasteiger partial charge in [0.25, 0.3) is 0 Å². The summed E-state index contributed by atoms with van der Waals surface area (Å²) in [7, 11) is 0. The first-order chi connectivity index (χ1) is 12.2. The minimum Gasteiger partial charge on any atom is -0.352 e. The molecule has 130 valence electrons. The molecule has 1 aromatic carbocycles. The summed E-state index contributed by atoms with van der Waals surface area (Å²) in [6.07, 6.45) is 7.10. The summed E-state index contributed by atoms with van der Waals surface area (Å²) in [5, 5.41) is 3.14. The monoisotopic (exact) mass is 340 g/mol. The van der Waals surface area contributed by atoms with Gasteiger partial charge >= 0.3 is 0 Å². The third kappa shape index (κ3) is 3.22. The SMILES string of the molecule is O=C(NC1CCCCC1)C1NNc2ccc(-c3cccnc3F)cc21. The third-order valence-corrected chi connectivity index (χ3v) is 5.00. The number of carbonyl (C=O) groups excluding carboxylic acids is 1. The van der Waals surface area contributed by atoms with Crippen LogP contribution in [0.2, 0.25) is 0 Å². The van der Waals surface area contributed by atoms with Crippen molar-refractivity contribution in [3.63, 3.8) is 0 Å². The van der Waals surface area contributed by atoms with Crippen LogP contribution in [-0.4, -0.2) is 16.9 Å². The average Bonchev–Trinajstić information content (AvgIpc) is 3.06. The first-order valence-electron chi connectivity index (χ1n) is 8.79. The molecular weight excluding hydrogens is 319 g/mol. The smallest absolute Gasteiger partial charge is 0.243 e. The summed E-state index contributed by atoms with van der Waals surface area (Å²) >= 11 is 0. The van der Waals surface area contributed by atoms with Crippen molar-refractivity contribution in [3.05, 3.63) is 48.0 Å². The van der Waals surface area contributed by atoms with Crippen LogP contribution in [-0.2, 0) is 4.79 Å². The van der Waals surface area contributed by atoms with Crippen LogP contribution >= 0.6 is 0 Å². The van der Waals surface area contributed by atoms with E-state index in [4.69, 9.17) is 0 Å². The summed E-state index contributed by atoms with van der Waals surface area (Å²) in [6, 6.07) is 8.72. The molecular formula is C19H21FN4O. The zero-order valence-electron chi connectivity index (χ0n) is 13.9. The van der Waals surface area contributed by atoms with Crippen LogP contribution in [0, 0.1) is 5.95 Å². The van der Waals surface area contributed by atoms with E-state index < -0.39 is 12.0 Å². The zero-order chi connectivity index (χ0) is 17.2. The molecule has 0 spiro atoms. The molecule has 1 aliphatic carbocycles. The summed E-state index contributed by atoms with van der Waals surface area (Å²) < 4.78 is 14.0. The van der Waals surface area contributed by atoms with Gasteiger partial charge in [-0.25, -0.2) is 10.4 Å². The Morgan fingerprint density at radius 2 is 2.04 bits per heavy atom. The standard InChI is InChI=1S/C19H21FN4O/c20-18-14(7-4-10-21-18)12-8-9-16-15(11-12)17(24-23-16)19(25)22-13-5-2-1-3-6-13/h4,7-11,13,17,23-24H,1-3,5-6H2,(H,22,25). The molecule has 1 atom stereocenters. The normalized spacial score (nSPS) is 20.0. The Balaban J connectivity index is 1.57. The number of nitrogens with zero attached hydrogens (tertiary/aromatic N) is 1. The second-order valence-corrected chi connectivity index (χ2v) is 6.69. The van der Waals surface area contributed by atoms with E-state index in [0.29, 0.717) is 11.1 Å². The fraction of sp³-hybridized carbons (Fsp3) is 0.368. The van der Waals surface area contributed by atoms with Crippen LogP contribution in [0.15, 0.2) is 36.5 Å². The van der Waals surface area contributed by atoms with Crippen LogP contribution in [0.4, 0.5) is 10.1 Å². The molecule has 3 N–H and O–H groups in total. The van der Waals surface area contributed by atoms with E-state index in [2.05, 4.69) is 21.2 Å². The highest BCUT2D eigenvalue weighted by Gasteiger charge is 2.30. The highest BCUT2D eigenvalue weighted by molar-refractivity contribution is 5.88. The first kappa shape index (κ1) is 16.0. The van der Waals surface area contributed by atoms with Gasteiger partial charge in [0, 0.05) is 23.4 Å². The van der Waals surface area contributed by atoms with E-state index in [9.17, 15) is 9.18 Å². The van der Waals surface area contributed by atoms with Crippen LogP contribution in [0.3, 0.4) is 0 Å². The van der Waals surface area contributed by atoms with Crippen molar-refractivity contribution in [3.8, 4) is 11.1 Å². The largest absolute Gasteiger partial charge is 0.352 e. The molecule has 1 amide bonds. The van der Waals surface area contributed by atoms with Crippen molar-refractivity contribution in [1.82, 2.24) is 15.7 Å². The number of nitrogens with one attached hydrogen (secondary N) is 3. The molecule has 2 aliphatic rings. The van der Waals surface area contributed by atoms with Gasteiger partial charge in [0.1, 0.15) is 6.04 Å². The van der Waals surface area contributed by atoms with Crippen molar-refractivity contribution in [2.75, 3.05) is 5.43 Å². The number of benzene rings is 1. The molecule has 1 fully saturated rings. The Bertz CT molecular complexity index is 789. The third-order valence-electron chi connectivity index (χ3n) is 5.00. The van der Waals surface area contributed by atoms with E-state index in [1.54, 1.807) is 12.1 Å². The highest BCUT2D eigenvalue weighted by atomic mass is 19.1. The van der Waals surface area contributed by atoms with Gasteiger partial charge in [-0.05, 0) is 42.7 Å². The molecule has 0 bridgehead atoms. The van der Waals surface area contributed by atoms with Crippen LogP contribution in [0.5, 0.6) is 0 Å². The first-order valence-corrected chi connectivity index (χ1v) is 8.79. The molecule has 0 saturated heterocycles. The number of pyridine rings is 1. The molecule has 4 rings (SSSR count). The molecule has 2 aromatic rings. The lowest BCUT2D eigenvalue weighted by molar-refractivity contribution is -0.123. The number of amides is 1. The molecule has 0 radical (unpaired) electrons. The molecule has 1 aliphatic heterocycles. The molecule has 1 unspecified atom stereocenters. The maximum atomic E-state index is 14.0. The number of hydrogen-bond acceptors (Lipinski definition) is 4. The summed E-state index contributed by atoms with van der Waals surface area (Å²) in [4.78, 5) is 16.4. The van der Waals surface area contributed by atoms with Gasteiger partial charge in [-0.2, -0.15) is 4.39 Å². The summed E-state index contributed by atoms with van der Waals surface area (Å²) in [6.45, 7) is 0. The highest BCUT2D eigenvalue weighted by Crippen LogP contribution is 2.33. The quantitative estimate of drug-likeness (QED) is 0.750. The molecule has 6 heteroatoms. The Kier molecular flexibility index (Phi) is 4.36. The molecule has 1 aromatic heterocycles. The summed E-state index contributed by atoms with van der Waals surface area (Å²) in [5.41, 5.74) is 8.89. The van der Waals surface area contributed by atoms with E-state index >= 15 is 0 Å². The lowest BCUT2D eigenvalue weighted by atomic mass is 9.94. The number of fused-ring (bicyclic) bond motifs is 1. The van der Waals surface area contributed by atoms with Crippen LogP contribution in [0.1, 0.15) is 43.7 Å². The Labute approximate surface area is 146 Å². The van der Waals surface area contributed by atoms with E-state index in [1.807, 2.05) is 18.2 Å². The number of hydrazine groups is 1. The van der Waals surface area contributed by atoms with Gasteiger partial charge in [-0.15, -0.1) is 0 Å². The van der Waals surface area contributed by atoms with Crippen molar-refractivity contribution in [2.24, 2.45) is 0 Å². The fourth-order valence-corrected chi connectivity index (χ4v) is 3.65. The number of rotatable bonds is 3. The maximum Gasteiger partial charge on any atom is 0.243 e. The van der Waals surface area contributed by atoms with E-state index in [-0.39, 0.29) is 11.9 Å². The van der Waals surface area contributed by atoms with Gasteiger partial charge in [-0.3, -0.25) is 4.79 Å². The predicted octanol–water partition coefficient (Wildman–Crippen LogP) is 3.31. The average molecular weight is 340 g/mol. The molecule has 1 saturated carbocycles. The second kappa shape index (κ2) is 6.80. The number of anilines is 1. The van der Waals surface area contributed by atoms with Crippen LogP contribution in [0.25, 0.3) is 11.1 Å². The second-order valence-electron chi connectivity index (χ2n) is 6.69. The fourth-order valence-electron chi connectivity index (χ4n) is 3.65.